The largest absolute Gasteiger partial charge is 0.478 e. The van der Waals surface area contributed by atoms with E-state index in [9.17, 15) is 4.79 Å². The van der Waals surface area contributed by atoms with Crippen LogP contribution in [0.15, 0.2) is 23.2 Å². The average Bonchev–Trinajstić information content (AvgIpc) is 2.73. The molecule has 0 saturated carbocycles. The molecule has 5 heteroatoms. The number of aliphatic imine (C=N–C) groups is 1. The van der Waals surface area contributed by atoms with Crippen LogP contribution in [0, 0.1) is 6.92 Å². The molecule has 0 saturated heterocycles. The van der Waals surface area contributed by atoms with Crippen molar-refractivity contribution in [3.63, 3.8) is 0 Å². The van der Waals surface area contributed by atoms with E-state index in [0.717, 1.165) is 23.0 Å². The maximum absolute atomic E-state index is 11.1. The first-order valence-corrected chi connectivity index (χ1v) is 5.93. The van der Waals surface area contributed by atoms with E-state index in [4.69, 9.17) is 5.11 Å². The SMILES string of the molecule is Cc1ccc(NC2=NCCS2)c(C(=O)O)c1. The van der Waals surface area contributed by atoms with Crippen molar-refractivity contribution in [1.29, 1.82) is 0 Å². The molecule has 0 amide bonds. The Hall–Kier alpha value is -1.49. The van der Waals surface area contributed by atoms with Crippen LogP contribution in [0.25, 0.3) is 0 Å². The molecule has 0 aliphatic carbocycles. The summed E-state index contributed by atoms with van der Waals surface area (Å²) in [5.74, 6) is 0.0335. The van der Waals surface area contributed by atoms with E-state index in [1.807, 2.05) is 13.0 Å². The van der Waals surface area contributed by atoms with Gasteiger partial charge in [-0.25, -0.2) is 4.79 Å². The maximum atomic E-state index is 11.1. The Bertz CT molecular complexity index is 457. The highest BCUT2D eigenvalue weighted by molar-refractivity contribution is 8.14. The normalized spacial score (nSPS) is 14.7. The highest BCUT2D eigenvalue weighted by Crippen LogP contribution is 2.21. The predicted molar refractivity (Wildman–Crippen MR) is 66.5 cm³/mol. The Morgan fingerprint density at radius 2 is 2.38 bits per heavy atom. The van der Waals surface area contributed by atoms with Gasteiger partial charge in [0.15, 0.2) is 5.17 Å². The molecule has 84 valence electrons. The summed E-state index contributed by atoms with van der Waals surface area (Å²) in [4.78, 5) is 15.3. The van der Waals surface area contributed by atoms with Gasteiger partial charge < -0.3 is 10.4 Å². The number of rotatable bonds is 2. The second kappa shape index (κ2) is 4.57. The molecular weight excluding hydrogens is 224 g/mol. The fraction of sp³-hybridized carbons (Fsp3) is 0.273. The number of carbonyl (C=O) groups is 1. The molecule has 1 aliphatic rings. The van der Waals surface area contributed by atoms with Gasteiger partial charge in [-0.3, -0.25) is 4.99 Å². The van der Waals surface area contributed by atoms with Gasteiger partial charge in [0.1, 0.15) is 0 Å². The molecule has 0 unspecified atom stereocenters. The minimum absolute atomic E-state index is 0.287. The van der Waals surface area contributed by atoms with Gasteiger partial charge >= 0.3 is 5.97 Å². The van der Waals surface area contributed by atoms with Crippen LogP contribution < -0.4 is 5.32 Å². The van der Waals surface area contributed by atoms with Crippen LogP contribution >= 0.6 is 11.8 Å². The van der Waals surface area contributed by atoms with Crippen molar-refractivity contribution in [2.45, 2.75) is 6.92 Å². The van der Waals surface area contributed by atoms with Crippen LogP contribution in [0.5, 0.6) is 0 Å². The predicted octanol–water partition coefficient (Wildman–Crippen LogP) is 2.21. The van der Waals surface area contributed by atoms with Gasteiger partial charge in [0.2, 0.25) is 0 Å². The number of carboxylic acids is 1. The summed E-state index contributed by atoms with van der Waals surface area (Å²) >= 11 is 1.61. The minimum atomic E-state index is -0.921. The number of aryl methyl sites for hydroxylation is 1. The number of hydrogen-bond donors (Lipinski definition) is 2. The van der Waals surface area contributed by atoms with Crippen LogP contribution in [0.2, 0.25) is 0 Å². The molecule has 0 radical (unpaired) electrons. The summed E-state index contributed by atoms with van der Waals surface area (Å²) in [6.07, 6.45) is 0. The Kier molecular flexibility index (Phi) is 3.14. The maximum Gasteiger partial charge on any atom is 0.337 e. The topological polar surface area (TPSA) is 61.7 Å². The Morgan fingerprint density at radius 3 is 3.00 bits per heavy atom. The van der Waals surface area contributed by atoms with Gasteiger partial charge in [-0.05, 0) is 19.1 Å². The van der Waals surface area contributed by atoms with Crippen molar-refractivity contribution in [3.05, 3.63) is 29.3 Å². The van der Waals surface area contributed by atoms with Crippen molar-refractivity contribution in [1.82, 2.24) is 0 Å². The van der Waals surface area contributed by atoms with Crippen molar-refractivity contribution in [2.75, 3.05) is 17.6 Å². The zero-order valence-electron chi connectivity index (χ0n) is 8.86. The molecule has 2 rings (SSSR count). The lowest BCUT2D eigenvalue weighted by atomic mass is 10.1. The van der Waals surface area contributed by atoms with Gasteiger partial charge in [0, 0.05) is 5.75 Å². The summed E-state index contributed by atoms with van der Waals surface area (Å²) < 4.78 is 0. The van der Waals surface area contributed by atoms with Crippen LogP contribution in [0.1, 0.15) is 15.9 Å². The molecule has 16 heavy (non-hydrogen) atoms. The molecule has 0 bridgehead atoms. The lowest BCUT2D eigenvalue weighted by Gasteiger charge is -2.09. The van der Waals surface area contributed by atoms with Crippen LogP contribution in [0.4, 0.5) is 5.69 Å². The zero-order chi connectivity index (χ0) is 11.5. The van der Waals surface area contributed by atoms with E-state index in [-0.39, 0.29) is 5.56 Å². The quantitative estimate of drug-likeness (QED) is 0.826. The number of thioether (sulfide) groups is 1. The molecule has 1 aliphatic heterocycles. The van der Waals surface area contributed by atoms with E-state index in [0.29, 0.717) is 5.69 Å². The van der Waals surface area contributed by atoms with Crippen molar-refractivity contribution < 1.29 is 9.90 Å². The average molecular weight is 236 g/mol. The lowest BCUT2D eigenvalue weighted by molar-refractivity contribution is 0.0698. The van der Waals surface area contributed by atoms with Gasteiger partial charge in [0.05, 0.1) is 17.8 Å². The number of benzene rings is 1. The molecule has 1 heterocycles. The Balaban J connectivity index is 2.28. The first-order chi connectivity index (χ1) is 7.66. The Morgan fingerprint density at radius 1 is 1.56 bits per heavy atom. The monoisotopic (exact) mass is 236 g/mol. The molecule has 0 atom stereocenters. The summed E-state index contributed by atoms with van der Waals surface area (Å²) in [6.45, 7) is 2.67. The Labute approximate surface area is 97.8 Å². The summed E-state index contributed by atoms with van der Waals surface area (Å²) in [6, 6.07) is 5.32. The second-order valence-corrected chi connectivity index (χ2v) is 4.60. The molecule has 1 aromatic rings. The molecule has 0 aromatic heterocycles. The highest BCUT2D eigenvalue weighted by atomic mass is 32.2. The van der Waals surface area contributed by atoms with Crippen LogP contribution in [-0.4, -0.2) is 28.5 Å². The van der Waals surface area contributed by atoms with Gasteiger partial charge in [-0.15, -0.1) is 0 Å². The second-order valence-electron chi connectivity index (χ2n) is 3.51. The highest BCUT2D eigenvalue weighted by Gasteiger charge is 2.13. The summed E-state index contributed by atoms with van der Waals surface area (Å²) in [5.41, 5.74) is 1.82. The zero-order valence-corrected chi connectivity index (χ0v) is 9.67. The number of anilines is 1. The number of carboxylic acid groups (broad SMARTS) is 1. The van der Waals surface area contributed by atoms with E-state index in [1.165, 1.54) is 0 Å². The molecule has 1 aromatic carbocycles. The van der Waals surface area contributed by atoms with Crippen molar-refractivity contribution in [2.24, 2.45) is 4.99 Å². The van der Waals surface area contributed by atoms with Crippen LogP contribution in [-0.2, 0) is 0 Å². The summed E-state index contributed by atoms with van der Waals surface area (Å²) in [5, 5.41) is 12.9. The van der Waals surface area contributed by atoms with E-state index in [1.54, 1.807) is 23.9 Å². The minimum Gasteiger partial charge on any atom is -0.478 e. The van der Waals surface area contributed by atoms with E-state index in [2.05, 4.69) is 10.3 Å². The molecule has 2 N–H and O–H groups in total. The molecule has 0 spiro atoms. The third-order valence-electron chi connectivity index (χ3n) is 2.23. The smallest absolute Gasteiger partial charge is 0.337 e. The van der Waals surface area contributed by atoms with Gasteiger partial charge in [0.25, 0.3) is 0 Å². The van der Waals surface area contributed by atoms with Crippen molar-refractivity contribution >= 4 is 28.6 Å². The standard InChI is InChI=1S/C11H12N2O2S/c1-7-2-3-9(8(6-7)10(14)15)13-11-12-4-5-16-11/h2-3,6H,4-5H2,1H3,(H,12,13)(H,14,15). The van der Waals surface area contributed by atoms with E-state index >= 15 is 0 Å². The number of aromatic carboxylic acids is 1. The lowest BCUT2D eigenvalue weighted by Crippen LogP contribution is -2.10. The molecule has 0 fully saturated rings. The fourth-order valence-corrected chi connectivity index (χ4v) is 2.21. The van der Waals surface area contributed by atoms with Crippen LogP contribution in [0.3, 0.4) is 0 Å². The number of hydrogen-bond acceptors (Lipinski definition) is 4. The number of amidine groups is 1. The first kappa shape index (κ1) is 11.0. The van der Waals surface area contributed by atoms with Gasteiger partial charge in [-0.2, -0.15) is 0 Å². The molecular formula is C11H12N2O2S. The third-order valence-corrected chi connectivity index (χ3v) is 3.12. The van der Waals surface area contributed by atoms with Crippen molar-refractivity contribution in [3.8, 4) is 0 Å². The third kappa shape index (κ3) is 2.36. The van der Waals surface area contributed by atoms with E-state index < -0.39 is 5.97 Å². The number of nitrogens with zero attached hydrogens (tertiary/aromatic N) is 1. The number of nitrogens with one attached hydrogen (secondary N) is 1. The van der Waals surface area contributed by atoms with Gasteiger partial charge in [-0.1, -0.05) is 23.4 Å². The summed E-state index contributed by atoms with van der Waals surface area (Å²) in [7, 11) is 0. The first-order valence-electron chi connectivity index (χ1n) is 4.95. The molecule has 4 nitrogen and oxygen atoms in total. The fourth-order valence-electron chi connectivity index (χ4n) is 1.47.